The SMILES string of the molecule is Cc1cc(C)c(Nc2nncc(N(C)c3ccccc3)n2)c(C)c1. The van der Waals surface area contributed by atoms with Gasteiger partial charge in [-0.2, -0.15) is 10.1 Å². The number of nitrogens with one attached hydrogen (secondary N) is 1. The summed E-state index contributed by atoms with van der Waals surface area (Å²) >= 11 is 0. The van der Waals surface area contributed by atoms with Crippen LogP contribution in [0.5, 0.6) is 0 Å². The summed E-state index contributed by atoms with van der Waals surface area (Å²) in [5.41, 5.74) is 5.65. The third-order valence-electron chi connectivity index (χ3n) is 3.95. The van der Waals surface area contributed by atoms with Crippen molar-refractivity contribution in [2.24, 2.45) is 0 Å². The molecule has 0 unspecified atom stereocenters. The van der Waals surface area contributed by atoms with Gasteiger partial charge in [0.05, 0.1) is 6.20 Å². The molecule has 0 atom stereocenters. The first-order chi connectivity index (χ1) is 11.5. The maximum absolute atomic E-state index is 4.59. The van der Waals surface area contributed by atoms with E-state index in [2.05, 4.69) is 53.4 Å². The molecule has 2 aromatic carbocycles. The highest BCUT2D eigenvalue weighted by Gasteiger charge is 2.10. The van der Waals surface area contributed by atoms with Crippen LogP contribution in [0.3, 0.4) is 0 Å². The Hall–Kier alpha value is -2.95. The van der Waals surface area contributed by atoms with E-state index in [1.54, 1.807) is 6.20 Å². The smallest absolute Gasteiger partial charge is 0.249 e. The summed E-state index contributed by atoms with van der Waals surface area (Å²) in [4.78, 5) is 6.57. The Morgan fingerprint density at radius 2 is 1.62 bits per heavy atom. The Balaban J connectivity index is 1.89. The largest absolute Gasteiger partial charge is 0.328 e. The zero-order chi connectivity index (χ0) is 17.1. The van der Waals surface area contributed by atoms with E-state index in [0.29, 0.717) is 5.95 Å². The summed E-state index contributed by atoms with van der Waals surface area (Å²) in [5.74, 6) is 1.23. The molecule has 122 valence electrons. The van der Waals surface area contributed by atoms with Crippen LogP contribution in [0, 0.1) is 20.8 Å². The quantitative estimate of drug-likeness (QED) is 0.776. The molecule has 1 N–H and O–H groups in total. The third-order valence-corrected chi connectivity index (χ3v) is 3.95. The molecule has 0 aliphatic heterocycles. The highest BCUT2D eigenvalue weighted by molar-refractivity contribution is 5.65. The molecule has 0 radical (unpaired) electrons. The van der Waals surface area contributed by atoms with Gasteiger partial charge in [0.25, 0.3) is 0 Å². The van der Waals surface area contributed by atoms with Gasteiger partial charge in [-0.25, -0.2) is 0 Å². The lowest BCUT2D eigenvalue weighted by Crippen LogP contribution is -2.13. The van der Waals surface area contributed by atoms with Crippen molar-refractivity contribution in [3.63, 3.8) is 0 Å². The molecule has 0 fully saturated rings. The Labute approximate surface area is 142 Å². The van der Waals surface area contributed by atoms with Gasteiger partial charge in [0, 0.05) is 18.4 Å². The Bertz CT molecular complexity index is 822. The molecule has 0 saturated heterocycles. The van der Waals surface area contributed by atoms with Crippen molar-refractivity contribution in [3.8, 4) is 0 Å². The van der Waals surface area contributed by atoms with Gasteiger partial charge < -0.3 is 10.2 Å². The Morgan fingerprint density at radius 1 is 0.958 bits per heavy atom. The summed E-state index contributed by atoms with van der Waals surface area (Å²) in [7, 11) is 1.96. The lowest BCUT2D eigenvalue weighted by Gasteiger charge is -2.18. The molecule has 5 nitrogen and oxygen atoms in total. The van der Waals surface area contributed by atoms with Crippen LogP contribution < -0.4 is 10.2 Å². The summed E-state index contributed by atoms with van der Waals surface area (Å²) in [5, 5.41) is 11.5. The normalized spacial score (nSPS) is 10.5. The summed E-state index contributed by atoms with van der Waals surface area (Å²) in [6.07, 6.45) is 1.66. The van der Waals surface area contributed by atoms with Crippen molar-refractivity contribution in [1.82, 2.24) is 15.2 Å². The second-order valence-electron chi connectivity index (χ2n) is 5.93. The highest BCUT2D eigenvalue weighted by atomic mass is 15.3. The first-order valence-corrected chi connectivity index (χ1v) is 7.88. The first-order valence-electron chi connectivity index (χ1n) is 7.88. The molecular weight excluding hydrogens is 298 g/mol. The van der Waals surface area contributed by atoms with E-state index in [-0.39, 0.29) is 0 Å². The Morgan fingerprint density at radius 3 is 2.29 bits per heavy atom. The fraction of sp³-hybridized carbons (Fsp3) is 0.211. The number of nitrogens with zero attached hydrogens (tertiary/aromatic N) is 4. The predicted molar refractivity (Wildman–Crippen MR) is 98.3 cm³/mol. The summed E-state index contributed by atoms with van der Waals surface area (Å²) < 4.78 is 0. The summed E-state index contributed by atoms with van der Waals surface area (Å²) in [6.45, 7) is 6.25. The minimum atomic E-state index is 0.491. The number of hydrogen-bond acceptors (Lipinski definition) is 5. The molecule has 1 heterocycles. The zero-order valence-electron chi connectivity index (χ0n) is 14.4. The van der Waals surface area contributed by atoms with Crippen molar-refractivity contribution < 1.29 is 0 Å². The van der Waals surface area contributed by atoms with E-state index in [4.69, 9.17) is 0 Å². The van der Waals surface area contributed by atoms with Crippen LogP contribution in [0.4, 0.5) is 23.1 Å². The van der Waals surface area contributed by atoms with E-state index in [1.165, 1.54) is 5.56 Å². The van der Waals surface area contributed by atoms with E-state index >= 15 is 0 Å². The first kappa shape index (κ1) is 15.9. The maximum Gasteiger partial charge on any atom is 0.249 e. The fourth-order valence-electron chi connectivity index (χ4n) is 2.78. The van der Waals surface area contributed by atoms with Crippen molar-refractivity contribution in [2.75, 3.05) is 17.3 Å². The molecule has 0 aliphatic rings. The molecule has 0 spiro atoms. The van der Waals surface area contributed by atoms with Crippen LogP contribution in [-0.4, -0.2) is 22.2 Å². The number of aromatic nitrogens is 3. The molecule has 0 aliphatic carbocycles. The molecule has 0 amide bonds. The van der Waals surface area contributed by atoms with Crippen molar-refractivity contribution in [3.05, 3.63) is 65.4 Å². The molecule has 3 rings (SSSR count). The average Bonchev–Trinajstić information content (AvgIpc) is 2.58. The van der Waals surface area contributed by atoms with E-state index in [9.17, 15) is 0 Å². The van der Waals surface area contributed by atoms with Gasteiger partial charge in [-0.15, -0.1) is 5.10 Å². The minimum Gasteiger partial charge on any atom is -0.328 e. The van der Waals surface area contributed by atoms with Gasteiger partial charge in [-0.05, 0) is 44.0 Å². The number of anilines is 4. The second-order valence-corrected chi connectivity index (χ2v) is 5.93. The topological polar surface area (TPSA) is 53.9 Å². The van der Waals surface area contributed by atoms with E-state index < -0.39 is 0 Å². The number of hydrogen-bond donors (Lipinski definition) is 1. The molecular formula is C19H21N5. The number of aryl methyl sites for hydroxylation is 3. The van der Waals surface area contributed by atoms with Crippen LogP contribution in [0.15, 0.2) is 48.7 Å². The van der Waals surface area contributed by atoms with Crippen LogP contribution in [0.1, 0.15) is 16.7 Å². The van der Waals surface area contributed by atoms with E-state index in [1.807, 2.05) is 42.3 Å². The maximum atomic E-state index is 4.59. The highest BCUT2D eigenvalue weighted by Crippen LogP contribution is 2.26. The fourth-order valence-corrected chi connectivity index (χ4v) is 2.78. The molecule has 5 heteroatoms. The second kappa shape index (κ2) is 6.66. The van der Waals surface area contributed by atoms with Crippen LogP contribution in [0.2, 0.25) is 0 Å². The van der Waals surface area contributed by atoms with Crippen molar-refractivity contribution in [2.45, 2.75) is 20.8 Å². The van der Waals surface area contributed by atoms with Gasteiger partial charge in [0.2, 0.25) is 5.95 Å². The van der Waals surface area contributed by atoms with Gasteiger partial charge in [-0.3, -0.25) is 0 Å². The van der Waals surface area contributed by atoms with Crippen molar-refractivity contribution in [1.29, 1.82) is 0 Å². The van der Waals surface area contributed by atoms with Gasteiger partial charge >= 0.3 is 0 Å². The van der Waals surface area contributed by atoms with Crippen molar-refractivity contribution >= 4 is 23.1 Å². The molecule has 0 saturated carbocycles. The number of rotatable bonds is 4. The van der Waals surface area contributed by atoms with E-state index in [0.717, 1.165) is 28.3 Å². The predicted octanol–water partition coefficient (Wildman–Crippen LogP) is 4.31. The zero-order valence-corrected chi connectivity index (χ0v) is 14.4. The standard InChI is InChI=1S/C19H21N5/c1-13-10-14(2)18(15(3)11-13)22-19-21-17(12-20-23-19)24(4)16-8-6-5-7-9-16/h5-12H,1-4H3,(H,21,22,23). The average molecular weight is 319 g/mol. The molecule has 24 heavy (non-hydrogen) atoms. The van der Waals surface area contributed by atoms with Crippen LogP contribution >= 0.6 is 0 Å². The van der Waals surface area contributed by atoms with Gasteiger partial charge in [0.1, 0.15) is 0 Å². The molecule has 3 aromatic rings. The monoisotopic (exact) mass is 319 g/mol. The Kier molecular flexibility index (Phi) is 4.42. The van der Waals surface area contributed by atoms with Crippen LogP contribution in [-0.2, 0) is 0 Å². The number of benzene rings is 2. The lowest BCUT2D eigenvalue weighted by atomic mass is 10.1. The van der Waals surface area contributed by atoms with Gasteiger partial charge in [-0.1, -0.05) is 35.9 Å². The van der Waals surface area contributed by atoms with Gasteiger partial charge in [0.15, 0.2) is 5.82 Å². The summed E-state index contributed by atoms with van der Waals surface area (Å²) in [6, 6.07) is 14.3. The minimum absolute atomic E-state index is 0.491. The molecule has 0 bridgehead atoms. The van der Waals surface area contributed by atoms with Crippen LogP contribution in [0.25, 0.3) is 0 Å². The third kappa shape index (κ3) is 3.35. The lowest BCUT2D eigenvalue weighted by molar-refractivity contribution is 0.956. The number of para-hydroxylation sites is 1. The molecule has 1 aromatic heterocycles.